The molecule has 0 aliphatic carbocycles. The van der Waals surface area contributed by atoms with Crippen molar-refractivity contribution in [3.63, 3.8) is 0 Å². The predicted molar refractivity (Wildman–Crippen MR) is 83.8 cm³/mol. The third-order valence-electron chi connectivity index (χ3n) is 3.62. The van der Waals surface area contributed by atoms with Gasteiger partial charge in [-0.1, -0.05) is 0 Å². The van der Waals surface area contributed by atoms with Crippen LogP contribution in [0.25, 0.3) is 11.6 Å². The van der Waals surface area contributed by atoms with Gasteiger partial charge in [-0.05, 0) is 29.8 Å². The van der Waals surface area contributed by atoms with E-state index in [9.17, 15) is 4.79 Å². The van der Waals surface area contributed by atoms with Gasteiger partial charge in [-0.25, -0.2) is 9.78 Å². The third kappa shape index (κ3) is 2.67. The van der Waals surface area contributed by atoms with Crippen LogP contribution in [0.1, 0.15) is 17.7 Å². The minimum absolute atomic E-state index is 0.407. The van der Waals surface area contributed by atoms with Crippen molar-refractivity contribution in [1.82, 2.24) is 9.97 Å². The molecule has 2 heterocycles. The molecule has 6 heteroatoms. The standard InChI is InChI=1S/C16H17N3O3/c1-19(16(20)21-2)13-3-4-15-14(8-13)11(5-6-22-15)7-12-9-17-10-18-12/h3-4,7-10H,5-6H2,1-2H3,(H,17,18)/b11-7+. The van der Waals surface area contributed by atoms with Crippen LogP contribution in [-0.2, 0) is 4.74 Å². The Balaban J connectivity index is 2.00. The zero-order chi connectivity index (χ0) is 15.5. The monoisotopic (exact) mass is 299 g/mol. The highest BCUT2D eigenvalue weighted by molar-refractivity contribution is 5.90. The molecule has 0 saturated heterocycles. The van der Waals surface area contributed by atoms with E-state index in [1.165, 1.54) is 12.0 Å². The molecule has 22 heavy (non-hydrogen) atoms. The van der Waals surface area contributed by atoms with Crippen LogP contribution in [0.4, 0.5) is 10.5 Å². The van der Waals surface area contributed by atoms with Gasteiger partial charge in [0.25, 0.3) is 0 Å². The van der Waals surface area contributed by atoms with Crippen LogP contribution in [0.2, 0.25) is 0 Å². The number of nitrogens with zero attached hydrogens (tertiary/aromatic N) is 2. The van der Waals surface area contributed by atoms with Crippen LogP contribution < -0.4 is 9.64 Å². The summed E-state index contributed by atoms with van der Waals surface area (Å²) in [5, 5.41) is 0. The Morgan fingerprint density at radius 3 is 3.09 bits per heavy atom. The minimum Gasteiger partial charge on any atom is -0.493 e. The second-order valence-electron chi connectivity index (χ2n) is 4.98. The zero-order valence-corrected chi connectivity index (χ0v) is 12.5. The van der Waals surface area contributed by atoms with E-state index in [0.717, 1.165) is 34.7 Å². The number of rotatable bonds is 2. The van der Waals surface area contributed by atoms with Crippen molar-refractivity contribution in [2.75, 3.05) is 25.7 Å². The minimum atomic E-state index is -0.407. The van der Waals surface area contributed by atoms with Crippen molar-refractivity contribution in [3.05, 3.63) is 42.0 Å². The van der Waals surface area contributed by atoms with E-state index in [2.05, 4.69) is 16.0 Å². The number of amides is 1. The molecular formula is C16H17N3O3. The number of hydrogen-bond acceptors (Lipinski definition) is 4. The van der Waals surface area contributed by atoms with Crippen LogP contribution in [-0.4, -0.2) is 36.8 Å². The van der Waals surface area contributed by atoms with Crippen molar-refractivity contribution in [1.29, 1.82) is 0 Å². The van der Waals surface area contributed by atoms with Crippen LogP contribution in [0, 0.1) is 0 Å². The summed E-state index contributed by atoms with van der Waals surface area (Å²) in [6, 6.07) is 5.66. The van der Waals surface area contributed by atoms with E-state index >= 15 is 0 Å². The lowest BCUT2D eigenvalue weighted by Gasteiger charge is -2.23. The first-order chi connectivity index (χ1) is 10.7. The van der Waals surface area contributed by atoms with E-state index < -0.39 is 6.09 Å². The van der Waals surface area contributed by atoms with E-state index in [1.807, 2.05) is 18.2 Å². The van der Waals surface area contributed by atoms with E-state index in [-0.39, 0.29) is 0 Å². The largest absolute Gasteiger partial charge is 0.493 e. The third-order valence-corrected chi connectivity index (χ3v) is 3.62. The van der Waals surface area contributed by atoms with E-state index in [0.29, 0.717) is 6.61 Å². The second kappa shape index (κ2) is 5.93. The maximum atomic E-state index is 11.7. The Kier molecular flexibility index (Phi) is 3.82. The van der Waals surface area contributed by atoms with Gasteiger partial charge in [0.1, 0.15) is 5.75 Å². The topological polar surface area (TPSA) is 67.5 Å². The highest BCUT2D eigenvalue weighted by atomic mass is 16.5. The smallest absolute Gasteiger partial charge is 0.413 e. The summed E-state index contributed by atoms with van der Waals surface area (Å²) in [5.74, 6) is 0.819. The number of anilines is 1. The van der Waals surface area contributed by atoms with Gasteiger partial charge in [-0.15, -0.1) is 0 Å². The lowest BCUT2D eigenvalue weighted by atomic mass is 9.98. The van der Waals surface area contributed by atoms with Crippen LogP contribution in [0.5, 0.6) is 5.75 Å². The summed E-state index contributed by atoms with van der Waals surface area (Å²) in [6.07, 6.45) is 5.87. The molecule has 1 aliphatic rings. The van der Waals surface area contributed by atoms with Gasteiger partial charge < -0.3 is 14.5 Å². The average molecular weight is 299 g/mol. The van der Waals surface area contributed by atoms with Crippen molar-refractivity contribution in [2.24, 2.45) is 0 Å². The number of hydrogen-bond donors (Lipinski definition) is 1. The second-order valence-corrected chi connectivity index (χ2v) is 4.98. The number of carbonyl (C=O) groups is 1. The van der Waals surface area contributed by atoms with E-state index in [4.69, 9.17) is 9.47 Å². The first-order valence-electron chi connectivity index (χ1n) is 6.97. The Bertz CT molecular complexity index is 707. The Morgan fingerprint density at radius 2 is 2.36 bits per heavy atom. The molecule has 6 nitrogen and oxygen atoms in total. The fraction of sp³-hybridized carbons (Fsp3) is 0.250. The van der Waals surface area contributed by atoms with Gasteiger partial charge in [0.15, 0.2) is 0 Å². The van der Waals surface area contributed by atoms with Gasteiger partial charge in [0, 0.05) is 24.7 Å². The lowest BCUT2D eigenvalue weighted by molar-refractivity contribution is 0.180. The summed E-state index contributed by atoms with van der Waals surface area (Å²) in [6.45, 7) is 0.638. The molecule has 0 bridgehead atoms. The molecule has 0 unspecified atom stereocenters. The summed E-state index contributed by atoms with van der Waals surface area (Å²) in [4.78, 5) is 20.2. The summed E-state index contributed by atoms with van der Waals surface area (Å²) in [7, 11) is 3.04. The Hall–Kier alpha value is -2.76. The number of aromatic amines is 1. The summed E-state index contributed by atoms with van der Waals surface area (Å²) < 4.78 is 10.4. The van der Waals surface area contributed by atoms with Crippen molar-refractivity contribution >= 4 is 23.4 Å². The predicted octanol–water partition coefficient (Wildman–Crippen LogP) is 2.94. The van der Waals surface area contributed by atoms with Crippen molar-refractivity contribution in [3.8, 4) is 5.75 Å². The maximum Gasteiger partial charge on any atom is 0.413 e. The number of fused-ring (bicyclic) bond motifs is 1. The number of carbonyl (C=O) groups excluding carboxylic acids is 1. The molecule has 1 amide bonds. The molecule has 2 aromatic rings. The molecule has 1 aromatic carbocycles. The molecule has 0 fully saturated rings. The molecule has 114 valence electrons. The van der Waals surface area contributed by atoms with Gasteiger partial charge >= 0.3 is 6.09 Å². The summed E-state index contributed by atoms with van der Waals surface area (Å²) >= 11 is 0. The SMILES string of the molecule is COC(=O)N(C)c1ccc2c(c1)/C(=C/c1cnc[nH]1)CCO2. The number of ether oxygens (including phenoxy) is 2. The fourth-order valence-corrected chi connectivity index (χ4v) is 2.43. The lowest BCUT2D eigenvalue weighted by Crippen LogP contribution is -2.26. The van der Waals surface area contributed by atoms with Gasteiger partial charge in [0.2, 0.25) is 0 Å². The zero-order valence-electron chi connectivity index (χ0n) is 12.5. The van der Waals surface area contributed by atoms with Crippen LogP contribution >= 0.6 is 0 Å². The number of nitrogens with one attached hydrogen (secondary N) is 1. The Labute approximate surface area is 128 Å². The molecule has 0 atom stereocenters. The number of methoxy groups -OCH3 is 1. The first-order valence-corrected chi connectivity index (χ1v) is 6.97. The van der Waals surface area contributed by atoms with Crippen molar-refractivity contribution in [2.45, 2.75) is 6.42 Å². The molecule has 0 spiro atoms. The van der Waals surface area contributed by atoms with Gasteiger partial charge in [0.05, 0.1) is 31.9 Å². The molecule has 1 aromatic heterocycles. The van der Waals surface area contributed by atoms with Gasteiger partial charge in [-0.2, -0.15) is 0 Å². The molecule has 0 radical (unpaired) electrons. The highest BCUT2D eigenvalue weighted by Gasteiger charge is 2.19. The molecule has 3 rings (SSSR count). The van der Waals surface area contributed by atoms with Crippen LogP contribution in [0.15, 0.2) is 30.7 Å². The number of benzene rings is 1. The summed E-state index contributed by atoms with van der Waals surface area (Å²) in [5.41, 5.74) is 3.82. The average Bonchev–Trinajstić information content (AvgIpc) is 3.06. The molecule has 0 saturated carbocycles. The van der Waals surface area contributed by atoms with E-state index in [1.54, 1.807) is 19.6 Å². The normalized spacial score (nSPS) is 15.1. The highest BCUT2D eigenvalue weighted by Crippen LogP contribution is 2.36. The number of imidazole rings is 1. The number of aromatic nitrogens is 2. The fourth-order valence-electron chi connectivity index (χ4n) is 2.43. The molecule has 1 aliphatic heterocycles. The molecule has 1 N–H and O–H groups in total. The number of H-pyrrole nitrogens is 1. The quantitative estimate of drug-likeness (QED) is 0.925. The Morgan fingerprint density at radius 1 is 1.50 bits per heavy atom. The van der Waals surface area contributed by atoms with Gasteiger partial charge in [-0.3, -0.25) is 4.90 Å². The maximum absolute atomic E-state index is 11.7. The van der Waals surface area contributed by atoms with Crippen molar-refractivity contribution < 1.29 is 14.3 Å². The molecular weight excluding hydrogens is 282 g/mol. The first kappa shape index (κ1) is 14.2. The van der Waals surface area contributed by atoms with Crippen LogP contribution in [0.3, 0.4) is 0 Å².